The number of hydrogen-bond donors (Lipinski definition) is 6. The van der Waals surface area contributed by atoms with E-state index < -0.39 is 141 Å². The minimum atomic E-state index is -1.68. The molecule has 520 valence electrons. The summed E-state index contributed by atoms with van der Waals surface area (Å²) in [7, 11) is 0. The second kappa shape index (κ2) is 44.2. The maximum atomic E-state index is 14.7. The summed E-state index contributed by atoms with van der Waals surface area (Å²) >= 11 is 0. The summed E-state index contributed by atoms with van der Waals surface area (Å²) < 4.78 is 43.9. The Morgan fingerprint density at radius 2 is 0.541 bits per heavy atom. The van der Waals surface area contributed by atoms with E-state index in [1.807, 2.05) is 0 Å². The fraction of sp³-hybridized carbons (Fsp3) is 0.356. The van der Waals surface area contributed by atoms with E-state index in [0.717, 1.165) is 0 Å². The van der Waals surface area contributed by atoms with Crippen molar-refractivity contribution in [1.82, 2.24) is 26.6 Å². The summed E-state index contributed by atoms with van der Waals surface area (Å²) in [6, 6.07) is 44.5. The van der Waals surface area contributed by atoms with Crippen LogP contribution in [0.15, 0.2) is 182 Å². The van der Waals surface area contributed by atoms with Gasteiger partial charge in [0.25, 0.3) is 0 Å². The summed E-state index contributed by atoms with van der Waals surface area (Å²) in [6.45, 7) is -1.01. The molecule has 0 fully saturated rings. The average molecular weight is 1350 g/mol. The van der Waals surface area contributed by atoms with Crippen LogP contribution in [-0.4, -0.2) is 129 Å². The SMILES string of the molecule is NCCOCCOCC(=O)NC(CCC(=O)NC(CCC(=O)OCc1ccccc1)C(=O)NC(CCC(=O)OCc1ccccc1)C(=O)OCc1ccccc1)C(=O)NC(CCC(=O)OCc1ccccc1)C(=O)NC(CCC(=O)OCc1ccccc1)C(=O)OCc1ccccc1. The smallest absolute Gasteiger partial charge is 0.328 e. The molecule has 0 saturated heterocycles. The highest BCUT2D eigenvalue weighted by atomic mass is 16.6. The van der Waals surface area contributed by atoms with Crippen LogP contribution in [0.4, 0.5) is 0 Å². The van der Waals surface area contributed by atoms with Crippen molar-refractivity contribution in [2.45, 2.75) is 134 Å². The molecule has 5 unspecified atom stereocenters. The molecule has 7 N–H and O–H groups in total. The summed E-state index contributed by atoms with van der Waals surface area (Å²) in [5, 5.41) is 12.8. The van der Waals surface area contributed by atoms with Gasteiger partial charge in [0.2, 0.25) is 29.5 Å². The van der Waals surface area contributed by atoms with Gasteiger partial charge in [-0.05, 0) is 65.5 Å². The zero-order valence-corrected chi connectivity index (χ0v) is 54.4. The van der Waals surface area contributed by atoms with Gasteiger partial charge in [0.1, 0.15) is 76.5 Å². The Labute approximate surface area is 568 Å². The molecule has 5 atom stereocenters. The van der Waals surface area contributed by atoms with Crippen molar-refractivity contribution in [2.24, 2.45) is 5.73 Å². The molecule has 25 heteroatoms. The highest BCUT2D eigenvalue weighted by Crippen LogP contribution is 2.15. The Balaban J connectivity index is 1.23. The molecule has 5 amide bonds. The first-order chi connectivity index (χ1) is 47.6. The van der Waals surface area contributed by atoms with Crippen LogP contribution in [-0.2, 0) is 130 Å². The van der Waals surface area contributed by atoms with Crippen molar-refractivity contribution in [2.75, 3.05) is 33.0 Å². The Bertz CT molecular complexity index is 3450. The molecule has 6 rings (SSSR count). The first-order valence-corrected chi connectivity index (χ1v) is 32.1. The molecule has 0 saturated carbocycles. The van der Waals surface area contributed by atoms with Gasteiger partial charge in [-0.25, -0.2) is 9.59 Å². The number of nitrogens with one attached hydrogen (secondary N) is 5. The summed E-state index contributed by atoms with van der Waals surface area (Å²) in [4.78, 5) is 152. The second-order valence-corrected chi connectivity index (χ2v) is 22.3. The van der Waals surface area contributed by atoms with E-state index in [9.17, 15) is 52.7 Å². The molecule has 6 aromatic rings. The van der Waals surface area contributed by atoms with Crippen LogP contribution in [0.2, 0.25) is 0 Å². The number of carbonyl (C=O) groups excluding carboxylic acids is 11. The topological polar surface area (TPSA) is 348 Å². The van der Waals surface area contributed by atoms with Gasteiger partial charge in [0.05, 0.1) is 19.8 Å². The Kier molecular flexibility index (Phi) is 34.4. The van der Waals surface area contributed by atoms with E-state index in [1.54, 1.807) is 182 Å². The van der Waals surface area contributed by atoms with Gasteiger partial charge in [-0.2, -0.15) is 0 Å². The standard InChI is InChI=1S/C73H84N6O19/c74-41-42-91-43-44-92-51-64(81)76-58(69(86)77-60(33-38-66(83)94-46-53-21-9-2-10-22-53)71(88)79-62(73(90)98-50-57-29-17-6-18-30-57)35-40-68(85)96-48-55-25-13-4-14-26-55)31-36-63(80)75-59(32-37-65(82)93-45-52-19-7-1-8-20-52)70(87)78-61(72(89)97-49-56-27-15-5-16-28-56)34-39-67(84)95-47-54-23-11-3-12-24-54/h1-30,58-62H,31-51,74H2,(H,75,80)(H,76,81)(H,77,86)(H,78,87)(H,79,88). The molecule has 25 nitrogen and oxygen atoms in total. The van der Waals surface area contributed by atoms with E-state index in [1.165, 1.54) is 0 Å². The molecule has 0 aromatic heterocycles. The molecule has 6 aromatic carbocycles. The lowest BCUT2D eigenvalue weighted by Crippen LogP contribution is -2.56. The van der Waals surface area contributed by atoms with Crippen LogP contribution < -0.4 is 32.3 Å². The number of amides is 5. The number of nitrogens with two attached hydrogens (primary N) is 1. The highest BCUT2D eigenvalue weighted by Gasteiger charge is 2.34. The maximum absolute atomic E-state index is 14.7. The zero-order valence-electron chi connectivity index (χ0n) is 54.4. The first-order valence-electron chi connectivity index (χ1n) is 32.1. The normalized spacial score (nSPS) is 12.3. The number of ether oxygens (including phenoxy) is 8. The van der Waals surface area contributed by atoms with Crippen LogP contribution in [0, 0.1) is 0 Å². The van der Waals surface area contributed by atoms with Crippen molar-refractivity contribution < 1.29 is 90.6 Å². The zero-order chi connectivity index (χ0) is 70.0. The molecule has 98 heavy (non-hydrogen) atoms. The third-order valence-corrected chi connectivity index (χ3v) is 14.6. The van der Waals surface area contributed by atoms with Crippen molar-refractivity contribution in [3.63, 3.8) is 0 Å². The van der Waals surface area contributed by atoms with Gasteiger partial charge in [-0.3, -0.25) is 43.2 Å². The van der Waals surface area contributed by atoms with Crippen LogP contribution in [0.1, 0.15) is 97.6 Å². The highest BCUT2D eigenvalue weighted by molar-refractivity contribution is 5.95. The van der Waals surface area contributed by atoms with Gasteiger partial charge in [0.15, 0.2) is 0 Å². The first kappa shape index (κ1) is 76.4. The average Bonchev–Trinajstić information content (AvgIpc) is 2.17. The number of carbonyl (C=O) groups is 11. The van der Waals surface area contributed by atoms with E-state index in [0.29, 0.717) is 33.4 Å². The van der Waals surface area contributed by atoms with Crippen LogP contribution >= 0.6 is 0 Å². The molecule has 0 spiro atoms. The summed E-state index contributed by atoms with van der Waals surface area (Å²) in [5.41, 5.74) is 9.46. The van der Waals surface area contributed by atoms with Crippen molar-refractivity contribution in [3.8, 4) is 0 Å². The lowest BCUT2D eigenvalue weighted by Gasteiger charge is -2.25. The molecular weight excluding hydrogens is 1260 g/mol. The van der Waals surface area contributed by atoms with Crippen molar-refractivity contribution >= 4 is 65.4 Å². The Hall–Kier alpha value is -10.6. The Morgan fingerprint density at radius 1 is 0.286 bits per heavy atom. The van der Waals surface area contributed by atoms with E-state index in [4.69, 9.17) is 43.6 Å². The van der Waals surface area contributed by atoms with Gasteiger partial charge in [-0.15, -0.1) is 0 Å². The maximum Gasteiger partial charge on any atom is 0.328 e. The fourth-order valence-electron chi connectivity index (χ4n) is 9.32. The number of esters is 6. The van der Waals surface area contributed by atoms with E-state index >= 15 is 0 Å². The van der Waals surface area contributed by atoms with Gasteiger partial charge in [0, 0.05) is 38.6 Å². The fourth-order valence-corrected chi connectivity index (χ4v) is 9.32. The monoisotopic (exact) mass is 1350 g/mol. The molecule has 0 bridgehead atoms. The minimum absolute atomic E-state index is 0.0607. The van der Waals surface area contributed by atoms with Crippen molar-refractivity contribution in [3.05, 3.63) is 215 Å². The Morgan fingerprint density at radius 3 is 0.857 bits per heavy atom. The van der Waals surface area contributed by atoms with E-state index in [-0.39, 0.29) is 91.7 Å². The largest absolute Gasteiger partial charge is 0.461 e. The third kappa shape index (κ3) is 30.8. The molecule has 0 heterocycles. The molecule has 0 aliphatic rings. The predicted molar refractivity (Wildman–Crippen MR) is 354 cm³/mol. The number of rotatable bonds is 44. The number of benzene rings is 6. The predicted octanol–water partition coefficient (Wildman–Crippen LogP) is 5.76. The quantitative estimate of drug-likeness (QED) is 0.0150. The van der Waals surface area contributed by atoms with E-state index in [2.05, 4.69) is 26.6 Å². The number of hydrogen-bond acceptors (Lipinski definition) is 20. The third-order valence-electron chi connectivity index (χ3n) is 14.6. The van der Waals surface area contributed by atoms with Crippen molar-refractivity contribution in [1.29, 1.82) is 0 Å². The molecule has 0 aliphatic carbocycles. The minimum Gasteiger partial charge on any atom is -0.461 e. The lowest BCUT2D eigenvalue weighted by atomic mass is 10.0. The van der Waals surface area contributed by atoms with Gasteiger partial charge >= 0.3 is 35.8 Å². The van der Waals surface area contributed by atoms with Crippen LogP contribution in [0.5, 0.6) is 0 Å². The summed E-state index contributed by atoms with van der Waals surface area (Å²) in [5.74, 6) is -9.70. The van der Waals surface area contributed by atoms with Gasteiger partial charge in [-0.1, -0.05) is 182 Å². The summed E-state index contributed by atoms with van der Waals surface area (Å²) in [6.07, 6.45) is -4.35. The molecule has 0 radical (unpaired) electrons. The lowest BCUT2D eigenvalue weighted by molar-refractivity contribution is -0.152. The molecule has 0 aliphatic heterocycles. The van der Waals surface area contributed by atoms with Crippen LogP contribution in [0.3, 0.4) is 0 Å². The van der Waals surface area contributed by atoms with Crippen LogP contribution in [0.25, 0.3) is 0 Å². The second-order valence-electron chi connectivity index (χ2n) is 22.3. The molecular formula is C73H84N6O19. The van der Waals surface area contributed by atoms with Gasteiger partial charge < -0.3 is 70.2 Å².